The Kier molecular flexibility index (Phi) is 4.61. The van der Waals surface area contributed by atoms with E-state index in [9.17, 15) is 4.79 Å². The van der Waals surface area contributed by atoms with Crippen LogP contribution in [0.1, 0.15) is 24.5 Å². The molecule has 2 aromatic rings. The Hall–Kier alpha value is -2.35. The number of aromatic nitrogens is 4. The minimum Gasteiger partial charge on any atom is -0.347 e. The Morgan fingerprint density at radius 1 is 1.43 bits per heavy atom. The molecule has 0 bridgehead atoms. The Balaban J connectivity index is 1.61. The van der Waals surface area contributed by atoms with E-state index < -0.39 is 0 Å². The van der Waals surface area contributed by atoms with E-state index in [4.69, 9.17) is 0 Å². The molecule has 8 nitrogen and oxygen atoms in total. The molecular formula is C15H23N7O. The summed E-state index contributed by atoms with van der Waals surface area (Å²) in [5, 5.41) is 7.08. The Bertz CT molecular complexity index is 636. The molecule has 0 saturated carbocycles. The fourth-order valence-electron chi connectivity index (χ4n) is 2.96. The van der Waals surface area contributed by atoms with Crippen LogP contribution in [-0.4, -0.2) is 61.8 Å². The largest absolute Gasteiger partial charge is 0.347 e. The smallest absolute Gasteiger partial charge is 0.317 e. The zero-order valence-corrected chi connectivity index (χ0v) is 13.6. The first-order valence-corrected chi connectivity index (χ1v) is 7.92. The van der Waals surface area contributed by atoms with Crippen LogP contribution >= 0.6 is 0 Å². The van der Waals surface area contributed by atoms with Crippen molar-refractivity contribution in [1.29, 1.82) is 0 Å². The summed E-state index contributed by atoms with van der Waals surface area (Å²) in [5.41, 5.74) is 0.980. The molecule has 0 unspecified atom stereocenters. The number of H-pyrrole nitrogens is 1. The topological polar surface area (TPSA) is 82.1 Å². The van der Waals surface area contributed by atoms with Crippen molar-refractivity contribution in [3.8, 4) is 0 Å². The van der Waals surface area contributed by atoms with Crippen LogP contribution in [0.4, 0.5) is 4.79 Å². The van der Waals surface area contributed by atoms with E-state index in [-0.39, 0.29) is 12.1 Å². The Morgan fingerprint density at radius 3 is 2.96 bits per heavy atom. The number of amides is 2. The normalized spacial score (nSPS) is 19.0. The molecule has 3 heterocycles. The first-order valence-electron chi connectivity index (χ1n) is 7.92. The van der Waals surface area contributed by atoms with Gasteiger partial charge in [0.05, 0.1) is 18.3 Å². The summed E-state index contributed by atoms with van der Waals surface area (Å²) in [6.45, 7) is 5.76. The maximum atomic E-state index is 12.5. The number of carbonyl (C=O) groups excluding carboxylic acids is 1. The van der Waals surface area contributed by atoms with Gasteiger partial charge in [-0.05, 0) is 12.6 Å². The zero-order chi connectivity index (χ0) is 16.2. The minimum atomic E-state index is -0.0430. The molecule has 124 valence electrons. The zero-order valence-electron chi connectivity index (χ0n) is 13.6. The van der Waals surface area contributed by atoms with Gasteiger partial charge in [-0.15, -0.1) is 0 Å². The number of hydrogen-bond acceptors (Lipinski definition) is 4. The van der Waals surface area contributed by atoms with Crippen LogP contribution in [0.3, 0.4) is 0 Å². The molecule has 1 atom stereocenters. The Labute approximate surface area is 135 Å². The lowest BCUT2D eigenvalue weighted by Gasteiger charge is -2.39. The number of nitrogens with one attached hydrogen (secondary N) is 2. The second-order valence-electron chi connectivity index (χ2n) is 5.67. The highest BCUT2D eigenvalue weighted by atomic mass is 16.2. The third-order valence-corrected chi connectivity index (χ3v) is 4.36. The molecule has 8 heteroatoms. The van der Waals surface area contributed by atoms with E-state index in [1.165, 1.54) is 0 Å². The molecular weight excluding hydrogens is 294 g/mol. The molecule has 23 heavy (non-hydrogen) atoms. The highest BCUT2D eigenvalue weighted by Crippen LogP contribution is 2.22. The highest BCUT2D eigenvalue weighted by molar-refractivity contribution is 5.74. The van der Waals surface area contributed by atoms with E-state index >= 15 is 0 Å². The molecule has 2 aromatic heterocycles. The first-order chi connectivity index (χ1) is 11.2. The van der Waals surface area contributed by atoms with E-state index in [1.807, 2.05) is 24.2 Å². The van der Waals surface area contributed by atoms with Gasteiger partial charge in [0, 0.05) is 45.3 Å². The van der Waals surface area contributed by atoms with Gasteiger partial charge in [0.2, 0.25) is 0 Å². The average Bonchev–Trinajstić information content (AvgIpc) is 3.23. The summed E-state index contributed by atoms with van der Waals surface area (Å²) >= 11 is 0. The maximum Gasteiger partial charge on any atom is 0.317 e. The van der Waals surface area contributed by atoms with Crippen molar-refractivity contribution in [3.63, 3.8) is 0 Å². The molecule has 2 N–H and O–H groups in total. The van der Waals surface area contributed by atoms with Crippen LogP contribution in [0.25, 0.3) is 0 Å². The van der Waals surface area contributed by atoms with Gasteiger partial charge in [0.1, 0.15) is 5.82 Å². The van der Waals surface area contributed by atoms with Crippen LogP contribution in [0, 0.1) is 0 Å². The maximum absolute atomic E-state index is 12.5. The molecule has 0 aromatic carbocycles. The molecule has 1 saturated heterocycles. The van der Waals surface area contributed by atoms with E-state index in [2.05, 4.69) is 32.2 Å². The lowest BCUT2D eigenvalue weighted by Crippen LogP contribution is -2.53. The molecule has 1 aliphatic rings. The van der Waals surface area contributed by atoms with Gasteiger partial charge in [-0.25, -0.2) is 9.78 Å². The molecule has 0 aliphatic carbocycles. The lowest BCUT2D eigenvalue weighted by molar-refractivity contribution is 0.0895. The van der Waals surface area contributed by atoms with E-state index in [0.29, 0.717) is 13.1 Å². The molecule has 0 spiro atoms. The quantitative estimate of drug-likeness (QED) is 0.871. The number of urea groups is 1. The number of imidazole rings is 1. The predicted molar refractivity (Wildman–Crippen MR) is 85.6 cm³/mol. The van der Waals surface area contributed by atoms with Crippen molar-refractivity contribution in [2.45, 2.75) is 19.5 Å². The Morgan fingerprint density at radius 2 is 2.30 bits per heavy atom. The minimum absolute atomic E-state index is 0.0430. The van der Waals surface area contributed by atoms with E-state index in [0.717, 1.165) is 31.2 Å². The average molecular weight is 317 g/mol. The number of likely N-dealkylation sites (N-methyl/N-ethyl adjacent to an activating group) is 1. The molecule has 3 rings (SSSR count). The van der Waals surface area contributed by atoms with Gasteiger partial charge in [0.25, 0.3) is 0 Å². The van der Waals surface area contributed by atoms with E-state index in [1.54, 1.807) is 17.1 Å². The number of rotatable bonds is 4. The third kappa shape index (κ3) is 3.37. The van der Waals surface area contributed by atoms with Gasteiger partial charge in [-0.2, -0.15) is 5.10 Å². The van der Waals surface area contributed by atoms with Gasteiger partial charge < -0.3 is 15.2 Å². The lowest BCUT2D eigenvalue weighted by atomic mass is 10.1. The summed E-state index contributed by atoms with van der Waals surface area (Å²) in [6.07, 6.45) is 5.31. The van der Waals surface area contributed by atoms with Crippen molar-refractivity contribution in [2.24, 2.45) is 7.05 Å². The second-order valence-corrected chi connectivity index (χ2v) is 5.67. The monoisotopic (exact) mass is 317 g/mol. The first kappa shape index (κ1) is 15.5. The van der Waals surface area contributed by atoms with Gasteiger partial charge in [0.15, 0.2) is 0 Å². The number of aromatic amines is 1. The molecule has 2 amide bonds. The number of nitrogens with zero attached hydrogens (tertiary/aromatic N) is 5. The summed E-state index contributed by atoms with van der Waals surface area (Å²) in [5.74, 6) is 0.913. The van der Waals surface area contributed by atoms with Crippen molar-refractivity contribution >= 4 is 6.03 Å². The van der Waals surface area contributed by atoms with Gasteiger partial charge in [-0.1, -0.05) is 6.92 Å². The molecule has 0 radical (unpaired) electrons. The fourth-order valence-corrected chi connectivity index (χ4v) is 2.96. The summed E-state index contributed by atoms with van der Waals surface area (Å²) < 4.78 is 1.76. The van der Waals surface area contributed by atoms with Crippen molar-refractivity contribution < 1.29 is 4.79 Å². The number of piperazine rings is 1. The highest BCUT2D eigenvalue weighted by Gasteiger charge is 2.31. The van der Waals surface area contributed by atoms with Crippen molar-refractivity contribution in [1.82, 2.24) is 34.9 Å². The van der Waals surface area contributed by atoms with Crippen LogP contribution in [0.15, 0.2) is 24.7 Å². The number of aryl methyl sites for hydroxylation is 1. The summed E-state index contributed by atoms with van der Waals surface area (Å²) in [7, 11) is 1.87. The number of hydrogen-bond donors (Lipinski definition) is 2. The van der Waals surface area contributed by atoms with Gasteiger partial charge in [-0.3, -0.25) is 9.58 Å². The molecule has 1 fully saturated rings. The summed E-state index contributed by atoms with van der Waals surface area (Å²) in [6, 6.07) is 1.98. The fraction of sp³-hybridized carbons (Fsp3) is 0.533. The van der Waals surface area contributed by atoms with Crippen molar-refractivity contribution in [2.75, 3.05) is 26.2 Å². The van der Waals surface area contributed by atoms with Crippen LogP contribution in [0.5, 0.6) is 0 Å². The van der Waals surface area contributed by atoms with Crippen LogP contribution < -0.4 is 5.32 Å². The predicted octanol–water partition coefficient (Wildman–Crippen LogP) is 0.732. The van der Waals surface area contributed by atoms with Crippen LogP contribution in [-0.2, 0) is 13.6 Å². The molecule has 1 aliphatic heterocycles. The SMILES string of the molecule is CCN1CCN(C(=O)NCc2ccnn2C)C[C@@H]1c1ncc[nH]1. The summed E-state index contributed by atoms with van der Waals surface area (Å²) in [4.78, 5) is 24.2. The third-order valence-electron chi connectivity index (χ3n) is 4.36. The van der Waals surface area contributed by atoms with Crippen LogP contribution in [0.2, 0.25) is 0 Å². The number of carbonyl (C=O) groups is 1. The van der Waals surface area contributed by atoms with Gasteiger partial charge >= 0.3 is 6.03 Å². The van der Waals surface area contributed by atoms with Crippen molar-refractivity contribution in [3.05, 3.63) is 36.2 Å². The second kappa shape index (κ2) is 6.82. The standard InChI is InChI=1S/C15H23N7O/c1-3-21-8-9-22(11-13(21)14-16-6-7-17-14)15(23)18-10-12-4-5-19-20(12)2/h4-7,13H,3,8-11H2,1-2H3,(H,16,17)(H,18,23)/t13-/m1/s1.